The molecule has 2 aromatic rings. The minimum Gasteiger partial charge on any atom is -0.447 e. The Morgan fingerprint density at radius 3 is 2.39 bits per heavy atom. The van der Waals surface area contributed by atoms with Crippen molar-refractivity contribution in [3.05, 3.63) is 71.8 Å². The largest absolute Gasteiger partial charge is 0.447 e. The average molecular weight is 524 g/mol. The second-order valence-electron chi connectivity index (χ2n) is 8.85. The van der Waals surface area contributed by atoms with E-state index < -0.39 is 41.7 Å². The summed E-state index contributed by atoms with van der Waals surface area (Å²) in [5, 5.41) is 0. The average Bonchev–Trinajstić information content (AvgIpc) is 3.23. The van der Waals surface area contributed by atoms with Gasteiger partial charge in [0.15, 0.2) is 6.23 Å². The first-order valence-electron chi connectivity index (χ1n) is 11.7. The summed E-state index contributed by atoms with van der Waals surface area (Å²) in [5.41, 5.74) is -2.81. The van der Waals surface area contributed by atoms with E-state index in [1.165, 1.54) is 29.2 Å². The molecule has 2 saturated heterocycles. The van der Waals surface area contributed by atoms with Crippen LogP contribution in [-0.4, -0.2) is 60.6 Å². The number of hydrogen-bond donors (Lipinski definition) is 0. The Labute approximate surface area is 212 Å². The molecule has 4 atom stereocenters. The molecule has 2 fully saturated rings. The first-order valence-corrected chi connectivity index (χ1v) is 12.9. The van der Waals surface area contributed by atoms with Gasteiger partial charge < -0.3 is 14.2 Å². The maximum absolute atomic E-state index is 14.5. The summed E-state index contributed by atoms with van der Waals surface area (Å²) in [7, 11) is 0.829. The molecule has 0 N–H and O–H groups in total. The van der Waals surface area contributed by atoms with Crippen LogP contribution < -0.4 is 0 Å². The minimum absolute atomic E-state index is 0.0506. The van der Waals surface area contributed by atoms with Gasteiger partial charge in [-0.25, -0.2) is 9.59 Å². The van der Waals surface area contributed by atoms with Gasteiger partial charge in [0.1, 0.15) is 6.61 Å². The number of rotatable bonds is 8. The zero-order valence-electron chi connectivity index (χ0n) is 19.8. The van der Waals surface area contributed by atoms with E-state index in [-0.39, 0.29) is 12.5 Å². The summed E-state index contributed by atoms with van der Waals surface area (Å²) in [5.74, 6) is -0.529. The van der Waals surface area contributed by atoms with Crippen molar-refractivity contribution < 1.29 is 37.0 Å². The molecule has 0 aromatic heterocycles. The smallest absolute Gasteiger partial charge is 0.432 e. The van der Waals surface area contributed by atoms with Gasteiger partial charge in [0, 0.05) is 24.3 Å². The summed E-state index contributed by atoms with van der Waals surface area (Å²) < 4.78 is 59.4. The topological polar surface area (TPSA) is 65.1 Å². The molecular weight excluding hydrogens is 495 g/mol. The van der Waals surface area contributed by atoms with Crippen molar-refractivity contribution in [1.29, 1.82) is 0 Å². The fraction of sp³-hybridized carbons (Fsp3) is 0.462. The number of methoxy groups -OCH3 is 1. The van der Waals surface area contributed by atoms with E-state index in [2.05, 4.69) is 0 Å². The van der Waals surface area contributed by atoms with Gasteiger partial charge in [0.05, 0.1) is 6.04 Å². The Kier molecular flexibility index (Phi) is 8.14. The van der Waals surface area contributed by atoms with Crippen LogP contribution in [0.4, 0.5) is 18.0 Å². The molecule has 0 radical (unpaired) electrons. The van der Waals surface area contributed by atoms with Crippen LogP contribution in [0.15, 0.2) is 60.7 Å². The fourth-order valence-electron chi connectivity index (χ4n) is 4.78. The molecule has 0 spiro atoms. The molecular formula is C26H28F3NO5S. The van der Waals surface area contributed by atoms with Crippen molar-refractivity contribution in [3.63, 3.8) is 0 Å². The fourth-order valence-corrected chi connectivity index (χ4v) is 5.95. The second-order valence-corrected chi connectivity index (χ2v) is 10.00. The molecule has 0 aliphatic carbocycles. The summed E-state index contributed by atoms with van der Waals surface area (Å²) in [6, 6.07) is 15.6. The van der Waals surface area contributed by atoms with Gasteiger partial charge >= 0.3 is 18.2 Å². The molecule has 0 saturated carbocycles. The molecule has 2 aliphatic heterocycles. The molecule has 2 aromatic carbocycles. The van der Waals surface area contributed by atoms with Crippen LogP contribution in [0.3, 0.4) is 0 Å². The third kappa shape index (κ3) is 5.20. The lowest BCUT2D eigenvalue weighted by atomic mass is 9.92. The number of esters is 1. The van der Waals surface area contributed by atoms with Crippen molar-refractivity contribution in [2.75, 3.05) is 25.2 Å². The highest BCUT2D eigenvalue weighted by atomic mass is 32.2. The molecule has 0 bridgehead atoms. The molecule has 2 heterocycles. The summed E-state index contributed by atoms with van der Waals surface area (Å²) >= 11 is 1.62. The Balaban J connectivity index is 1.70. The van der Waals surface area contributed by atoms with E-state index in [0.717, 1.165) is 24.8 Å². The van der Waals surface area contributed by atoms with E-state index in [1.807, 2.05) is 30.3 Å². The second kappa shape index (κ2) is 11.1. The molecule has 2 unspecified atom stereocenters. The van der Waals surface area contributed by atoms with Crippen LogP contribution in [0, 0.1) is 5.92 Å². The number of ether oxygens (including phenoxy) is 3. The standard InChI is InChI=1S/C26H28F3NO5S/c1-33-25(26(27,28)29,20-12-6-3-7-13-20)23(31)35-22(19-11-8-14-36-17-19)30-21(16-34-24(30)32)15-18-9-4-2-5-10-18/h2-7,9-10,12-13,19,21-22H,8,11,14-17H2,1H3/t19-,21-,22?,25?/m1/s1. The lowest BCUT2D eigenvalue weighted by Crippen LogP contribution is -2.56. The van der Waals surface area contributed by atoms with Crippen molar-refractivity contribution in [3.8, 4) is 0 Å². The summed E-state index contributed by atoms with van der Waals surface area (Å²) in [6.07, 6.45) is -5.24. The normalized spacial score (nSPS) is 23.0. The monoisotopic (exact) mass is 523 g/mol. The predicted molar refractivity (Wildman–Crippen MR) is 128 cm³/mol. The maximum Gasteiger partial charge on any atom is 0.432 e. The SMILES string of the molecule is COC(C(=O)OC([C@@H]1CCCSC1)N1C(=O)OC[C@H]1Cc1ccccc1)(c1ccccc1)C(F)(F)F. The van der Waals surface area contributed by atoms with Crippen LogP contribution in [0.5, 0.6) is 0 Å². The number of carbonyl (C=O) groups is 2. The molecule has 6 nitrogen and oxygen atoms in total. The number of hydrogen-bond acceptors (Lipinski definition) is 6. The minimum atomic E-state index is -5.11. The van der Waals surface area contributed by atoms with E-state index in [4.69, 9.17) is 14.2 Å². The number of thioether (sulfide) groups is 1. The zero-order chi connectivity index (χ0) is 25.8. The van der Waals surface area contributed by atoms with Gasteiger partial charge in [-0.15, -0.1) is 0 Å². The zero-order valence-corrected chi connectivity index (χ0v) is 20.6. The number of alkyl halides is 3. The van der Waals surface area contributed by atoms with Crippen molar-refractivity contribution in [2.45, 2.75) is 43.3 Å². The van der Waals surface area contributed by atoms with Crippen LogP contribution >= 0.6 is 11.8 Å². The number of carbonyl (C=O) groups excluding carboxylic acids is 2. The number of benzene rings is 2. The number of cyclic esters (lactones) is 1. The van der Waals surface area contributed by atoms with E-state index in [0.29, 0.717) is 18.6 Å². The summed E-state index contributed by atoms with van der Waals surface area (Å²) in [6.45, 7) is 0.0506. The van der Waals surface area contributed by atoms with E-state index in [9.17, 15) is 22.8 Å². The van der Waals surface area contributed by atoms with Gasteiger partial charge in [-0.1, -0.05) is 60.7 Å². The van der Waals surface area contributed by atoms with Crippen LogP contribution in [0.1, 0.15) is 24.0 Å². The van der Waals surface area contributed by atoms with Gasteiger partial charge in [0.25, 0.3) is 5.60 Å². The van der Waals surface area contributed by atoms with E-state index >= 15 is 0 Å². The van der Waals surface area contributed by atoms with E-state index in [1.54, 1.807) is 17.8 Å². The Morgan fingerprint density at radius 2 is 1.81 bits per heavy atom. The first-order chi connectivity index (χ1) is 17.3. The molecule has 194 valence electrons. The first kappa shape index (κ1) is 26.3. The van der Waals surface area contributed by atoms with Crippen LogP contribution in [-0.2, 0) is 31.0 Å². The lowest BCUT2D eigenvalue weighted by molar-refractivity contribution is -0.281. The Hall–Kier alpha value is -2.72. The predicted octanol–water partition coefficient (Wildman–Crippen LogP) is 5.17. The Morgan fingerprint density at radius 1 is 1.14 bits per heavy atom. The molecule has 36 heavy (non-hydrogen) atoms. The van der Waals surface area contributed by atoms with Gasteiger partial charge in [0.2, 0.25) is 0 Å². The quantitative estimate of drug-likeness (QED) is 0.445. The highest BCUT2D eigenvalue weighted by molar-refractivity contribution is 7.99. The highest BCUT2D eigenvalue weighted by Gasteiger charge is 2.65. The van der Waals surface area contributed by atoms with Crippen molar-refractivity contribution >= 4 is 23.8 Å². The van der Waals surface area contributed by atoms with Crippen molar-refractivity contribution in [1.82, 2.24) is 4.90 Å². The number of halogens is 3. The molecule has 4 rings (SSSR count). The molecule has 1 amide bonds. The Bertz CT molecular complexity index is 1030. The third-order valence-electron chi connectivity index (χ3n) is 6.59. The van der Waals surface area contributed by atoms with Gasteiger partial charge in [-0.05, 0) is 30.6 Å². The lowest BCUT2D eigenvalue weighted by Gasteiger charge is -2.40. The maximum atomic E-state index is 14.5. The van der Waals surface area contributed by atoms with Gasteiger partial charge in [-0.2, -0.15) is 24.9 Å². The van der Waals surface area contributed by atoms with Crippen LogP contribution in [0.25, 0.3) is 0 Å². The number of amides is 1. The van der Waals surface area contributed by atoms with Crippen LogP contribution in [0.2, 0.25) is 0 Å². The molecule has 2 aliphatic rings. The van der Waals surface area contributed by atoms with Gasteiger partial charge in [-0.3, -0.25) is 4.90 Å². The molecule has 10 heteroatoms. The summed E-state index contributed by atoms with van der Waals surface area (Å²) in [4.78, 5) is 27.7. The number of nitrogens with zero attached hydrogens (tertiary/aromatic N) is 1. The highest BCUT2D eigenvalue weighted by Crippen LogP contribution is 2.44. The third-order valence-corrected chi connectivity index (χ3v) is 7.83. The van der Waals surface area contributed by atoms with Crippen molar-refractivity contribution in [2.24, 2.45) is 5.92 Å².